The molecular formula is C16H10N2O4S. The molecule has 0 atom stereocenters. The highest BCUT2D eigenvalue weighted by Crippen LogP contribution is 2.43. The Morgan fingerprint density at radius 3 is 1.91 bits per heavy atom. The van der Waals surface area contributed by atoms with Gasteiger partial charge >= 0.3 is 0 Å². The first-order valence-corrected chi connectivity index (χ1v) is 7.47. The van der Waals surface area contributed by atoms with E-state index in [0.717, 1.165) is 11.0 Å². The van der Waals surface area contributed by atoms with Crippen LogP contribution in [-0.4, -0.2) is 9.85 Å². The minimum absolute atomic E-state index is 0.260. The van der Waals surface area contributed by atoms with Gasteiger partial charge in [-0.1, -0.05) is 48.2 Å². The van der Waals surface area contributed by atoms with Crippen LogP contribution in [0.25, 0.3) is 10.8 Å². The first kappa shape index (κ1) is 15.0. The second-order valence-corrected chi connectivity index (χ2v) is 5.80. The summed E-state index contributed by atoms with van der Waals surface area (Å²) in [6.45, 7) is 0. The van der Waals surface area contributed by atoms with Crippen LogP contribution in [-0.2, 0) is 0 Å². The van der Waals surface area contributed by atoms with Gasteiger partial charge in [0.05, 0.1) is 26.2 Å². The van der Waals surface area contributed by atoms with E-state index >= 15 is 0 Å². The van der Waals surface area contributed by atoms with Crippen LogP contribution in [0, 0.1) is 20.2 Å². The molecule has 0 bridgehead atoms. The average Bonchev–Trinajstić information content (AvgIpc) is 2.55. The monoisotopic (exact) mass is 326 g/mol. The van der Waals surface area contributed by atoms with E-state index in [1.54, 1.807) is 24.3 Å². The van der Waals surface area contributed by atoms with Crippen molar-refractivity contribution in [3.63, 3.8) is 0 Å². The van der Waals surface area contributed by atoms with Gasteiger partial charge in [0.25, 0.3) is 11.4 Å². The van der Waals surface area contributed by atoms with Crippen LogP contribution in [0.1, 0.15) is 0 Å². The molecule has 114 valence electrons. The first-order valence-electron chi connectivity index (χ1n) is 6.65. The normalized spacial score (nSPS) is 10.6. The second kappa shape index (κ2) is 6.05. The fraction of sp³-hybridized carbons (Fsp3) is 0. The highest BCUT2D eigenvalue weighted by molar-refractivity contribution is 7.99. The molecular weight excluding hydrogens is 316 g/mol. The van der Waals surface area contributed by atoms with E-state index in [9.17, 15) is 20.2 Å². The van der Waals surface area contributed by atoms with Crippen LogP contribution in [0.5, 0.6) is 0 Å². The van der Waals surface area contributed by atoms with Crippen molar-refractivity contribution in [3.8, 4) is 0 Å². The molecule has 6 nitrogen and oxygen atoms in total. The molecule has 7 heteroatoms. The lowest BCUT2D eigenvalue weighted by Crippen LogP contribution is -1.97. The average molecular weight is 326 g/mol. The number of nitro groups is 2. The van der Waals surface area contributed by atoms with E-state index in [0.29, 0.717) is 15.7 Å². The molecule has 0 saturated carbocycles. The van der Waals surface area contributed by atoms with Crippen molar-refractivity contribution >= 4 is 33.9 Å². The van der Waals surface area contributed by atoms with E-state index in [2.05, 4.69) is 0 Å². The summed E-state index contributed by atoms with van der Waals surface area (Å²) in [4.78, 5) is 22.7. The Labute approximate surface area is 135 Å². The third kappa shape index (κ3) is 2.86. The molecule has 3 aromatic carbocycles. The van der Waals surface area contributed by atoms with Crippen LogP contribution in [0.3, 0.4) is 0 Å². The van der Waals surface area contributed by atoms with Gasteiger partial charge in [-0.25, -0.2) is 0 Å². The molecule has 0 unspecified atom stereocenters. The van der Waals surface area contributed by atoms with E-state index in [1.807, 2.05) is 30.3 Å². The fourth-order valence-electron chi connectivity index (χ4n) is 2.32. The van der Waals surface area contributed by atoms with E-state index < -0.39 is 9.85 Å². The maximum atomic E-state index is 11.4. The largest absolute Gasteiger partial charge is 0.290 e. The van der Waals surface area contributed by atoms with E-state index in [1.165, 1.54) is 11.8 Å². The topological polar surface area (TPSA) is 86.3 Å². The third-order valence-corrected chi connectivity index (χ3v) is 4.45. The van der Waals surface area contributed by atoms with Crippen LogP contribution >= 0.6 is 11.8 Å². The SMILES string of the molecule is O=[N+]([O-])c1cc([N+](=O)[O-])c2ccccc2c1Sc1ccccc1. The van der Waals surface area contributed by atoms with Crippen molar-refractivity contribution in [3.05, 3.63) is 80.9 Å². The van der Waals surface area contributed by atoms with Crippen molar-refractivity contribution in [2.24, 2.45) is 0 Å². The molecule has 0 saturated heterocycles. The molecule has 0 aliphatic heterocycles. The lowest BCUT2D eigenvalue weighted by atomic mass is 10.1. The lowest BCUT2D eigenvalue weighted by Gasteiger charge is -2.08. The zero-order valence-corrected chi connectivity index (χ0v) is 12.5. The van der Waals surface area contributed by atoms with Crippen LogP contribution in [0.15, 0.2) is 70.5 Å². The summed E-state index contributed by atoms with van der Waals surface area (Å²) >= 11 is 1.23. The highest BCUT2D eigenvalue weighted by atomic mass is 32.2. The Kier molecular flexibility index (Phi) is 3.94. The Bertz CT molecular complexity index is 913. The molecule has 3 aromatic rings. The van der Waals surface area contributed by atoms with Crippen molar-refractivity contribution < 1.29 is 9.85 Å². The molecule has 0 aromatic heterocycles. The summed E-state index contributed by atoms with van der Waals surface area (Å²) in [6.07, 6.45) is 0. The molecule has 23 heavy (non-hydrogen) atoms. The maximum absolute atomic E-state index is 11.4. The van der Waals surface area contributed by atoms with Crippen LogP contribution < -0.4 is 0 Å². The fourth-order valence-corrected chi connectivity index (χ4v) is 3.37. The molecule has 0 radical (unpaired) electrons. The van der Waals surface area contributed by atoms with Gasteiger partial charge < -0.3 is 0 Å². The molecule has 3 rings (SSSR count). The van der Waals surface area contributed by atoms with Gasteiger partial charge in [0.15, 0.2) is 0 Å². The Morgan fingerprint density at radius 2 is 1.30 bits per heavy atom. The molecule has 0 amide bonds. The summed E-state index contributed by atoms with van der Waals surface area (Å²) in [7, 11) is 0. The van der Waals surface area contributed by atoms with Crippen LogP contribution in [0.2, 0.25) is 0 Å². The Hall–Kier alpha value is -2.93. The van der Waals surface area contributed by atoms with Crippen molar-refractivity contribution in [2.45, 2.75) is 9.79 Å². The predicted molar refractivity (Wildman–Crippen MR) is 87.8 cm³/mol. The number of hydrogen-bond acceptors (Lipinski definition) is 5. The number of nitrogens with zero attached hydrogens (tertiary/aromatic N) is 2. The number of nitro benzene ring substituents is 2. The molecule has 0 aliphatic rings. The summed E-state index contributed by atoms with van der Waals surface area (Å²) in [6, 6.07) is 16.9. The number of benzene rings is 3. The van der Waals surface area contributed by atoms with Crippen molar-refractivity contribution in [1.82, 2.24) is 0 Å². The molecule has 0 fully saturated rings. The van der Waals surface area contributed by atoms with E-state index in [-0.39, 0.29) is 11.4 Å². The van der Waals surface area contributed by atoms with Gasteiger partial charge in [-0.05, 0) is 18.2 Å². The predicted octanol–water partition coefficient (Wildman–Crippen LogP) is 4.81. The number of rotatable bonds is 4. The minimum Gasteiger partial charge on any atom is -0.258 e. The zero-order chi connectivity index (χ0) is 16.4. The maximum Gasteiger partial charge on any atom is 0.290 e. The van der Waals surface area contributed by atoms with Gasteiger partial charge in [-0.3, -0.25) is 20.2 Å². The lowest BCUT2D eigenvalue weighted by molar-refractivity contribution is -0.394. The number of non-ortho nitro benzene ring substituents is 1. The smallest absolute Gasteiger partial charge is 0.258 e. The highest BCUT2D eigenvalue weighted by Gasteiger charge is 2.25. The van der Waals surface area contributed by atoms with Gasteiger partial charge in [-0.2, -0.15) is 0 Å². The molecule has 0 spiro atoms. The number of fused-ring (bicyclic) bond motifs is 1. The zero-order valence-electron chi connectivity index (χ0n) is 11.7. The first-order chi connectivity index (χ1) is 11.1. The Balaban J connectivity index is 2.30. The minimum atomic E-state index is -0.591. The number of hydrogen-bond donors (Lipinski definition) is 0. The van der Waals surface area contributed by atoms with Crippen LogP contribution in [0.4, 0.5) is 11.4 Å². The summed E-state index contributed by atoms with van der Waals surface area (Å²) < 4.78 is 0. The summed E-state index contributed by atoms with van der Waals surface area (Å²) in [5.41, 5.74) is -0.519. The van der Waals surface area contributed by atoms with Gasteiger partial charge in [0.1, 0.15) is 0 Å². The summed E-state index contributed by atoms with van der Waals surface area (Å²) in [5, 5.41) is 23.5. The van der Waals surface area contributed by atoms with Gasteiger partial charge in [-0.15, -0.1) is 0 Å². The molecule has 0 heterocycles. The van der Waals surface area contributed by atoms with Crippen molar-refractivity contribution in [1.29, 1.82) is 0 Å². The summed E-state index contributed by atoms with van der Waals surface area (Å²) in [5.74, 6) is 0. The standard InChI is InChI=1S/C16H10N2O4S/c19-17(20)14-10-15(18(21)22)16(13-9-5-4-8-12(13)14)23-11-6-2-1-3-7-11/h1-10H. The van der Waals surface area contributed by atoms with Gasteiger partial charge in [0.2, 0.25) is 0 Å². The molecule has 0 N–H and O–H groups in total. The quantitative estimate of drug-likeness (QED) is 0.507. The van der Waals surface area contributed by atoms with Crippen molar-refractivity contribution in [2.75, 3.05) is 0 Å². The molecule has 0 aliphatic carbocycles. The third-order valence-electron chi connectivity index (χ3n) is 3.31. The van der Waals surface area contributed by atoms with Gasteiger partial charge in [0, 0.05) is 10.3 Å². The van der Waals surface area contributed by atoms with E-state index in [4.69, 9.17) is 0 Å². The second-order valence-electron chi connectivity index (χ2n) is 4.72. The Morgan fingerprint density at radius 1 is 0.739 bits per heavy atom.